The number of rotatable bonds is 6. The second-order valence-corrected chi connectivity index (χ2v) is 4.94. The third-order valence-corrected chi connectivity index (χ3v) is 3.55. The van der Waals surface area contributed by atoms with Gasteiger partial charge in [-0.2, -0.15) is 0 Å². The summed E-state index contributed by atoms with van der Waals surface area (Å²) in [4.78, 5) is 25.8. The van der Waals surface area contributed by atoms with Gasteiger partial charge in [-0.05, 0) is 39.5 Å². The maximum atomic E-state index is 12.2. The van der Waals surface area contributed by atoms with Gasteiger partial charge in [0.25, 0.3) is 0 Å². The van der Waals surface area contributed by atoms with Gasteiger partial charge < -0.3 is 14.4 Å². The molecule has 1 heterocycles. The molecule has 0 radical (unpaired) electrons. The van der Waals surface area contributed by atoms with Gasteiger partial charge in [0.1, 0.15) is 6.04 Å². The quantitative estimate of drug-likeness (QED) is 0.691. The van der Waals surface area contributed by atoms with Crippen molar-refractivity contribution in [1.29, 1.82) is 0 Å². The summed E-state index contributed by atoms with van der Waals surface area (Å²) in [5.41, 5.74) is 0. The minimum absolute atomic E-state index is 0.0293. The lowest BCUT2D eigenvalue weighted by molar-refractivity contribution is -0.156. The van der Waals surface area contributed by atoms with E-state index in [1.54, 1.807) is 18.9 Å². The highest BCUT2D eigenvalue weighted by atomic mass is 16.5. The van der Waals surface area contributed by atoms with Crippen LogP contribution in [0.25, 0.3) is 0 Å². The number of nitrogens with zero attached hydrogens (tertiary/aromatic N) is 1. The highest BCUT2D eigenvalue weighted by Gasteiger charge is 2.32. The SMILES string of the molecule is CCOC(=O)C1CCCCN1C(=O)CCC(C)OC. The van der Waals surface area contributed by atoms with E-state index in [1.165, 1.54) is 0 Å². The number of carbonyl (C=O) groups excluding carboxylic acids is 2. The summed E-state index contributed by atoms with van der Waals surface area (Å²) in [6.45, 7) is 4.74. The van der Waals surface area contributed by atoms with E-state index in [2.05, 4.69) is 0 Å². The van der Waals surface area contributed by atoms with Gasteiger partial charge in [-0.1, -0.05) is 0 Å². The van der Waals surface area contributed by atoms with Crippen LogP contribution in [-0.2, 0) is 19.1 Å². The Morgan fingerprint density at radius 1 is 1.37 bits per heavy atom. The van der Waals surface area contributed by atoms with Crippen LogP contribution in [0.15, 0.2) is 0 Å². The van der Waals surface area contributed by atoms with Crippen LogP contribution in [0.2, 0.25) is 0 Å². The summed E-state index contributed by atoms with van der Waals surface area (Å²) in [6.07, 6.45) is 3.81. The molecule has 0 aromatic rings. The molecular weight excluding hydrogens is 246 g/mol. The molecule has 0 aromatic heterocycles. The standard InChI is InChI=1S/C14H25NO4/c1-4-19-14(17)12-7-5-6-10-15(12)13(16)9-8-11(2)18-3/h11-12H,4-10H2,1-3H3. The molecule has 1 aliphatic rings. The van der Waals surface area contributed by atoms with E-state index >= 15 is 0 Å². The fraction of sp³-hybridized carbons (Fsp3) is 0.857. The lowest BCUT2D eigenvalue weighted by Gasteiger charge is -2.34. The Morgan fingerprint density at radius 3 is 2.74 bits per heavy atom. The minimum atomic E-state index is -0.390. The smallest absolute Gasteiger partial charge is 0.328 e. The largest absolute Gasteiger partial charge is 0.464 e. The number of piperidine rings is 1. The van der Waals surface area contributed by atoms with Crippen LogP contribution in [0.4, 0.5) is 0 Å². The minimum Gasteiger partial charge on any atom is -0.464 e. The number of likely N-dealkylation sites (tertiary alicyclic amines) is 1. The fourth-order valence-electron chi connectivity index (χ4n) is 2.30. The average Bonchev–Trinajstić information content (AvgIpc) is 2.44. The first-order valence-electron chi connectivity index (χ1n) is 7.09. The highest BCUT2D eigenvalue weighted by Crippen LogP contribution is 2.20. The summed E-state index contributed by atoms with van der Waals surface area (Å²) in [5.74, 6) is -0.239. The molecule has 0 N–H and O–H groups in total. The first kappa shape index (κ1) is 16.0. The molecule has 1 aliphatic heterocycles. The lowest BCUT2D eigenvalue weighted by atomic mass is 10.0. The number of esters is 1. The first-order chi connectivity index (χ1) is 9.10. The molecule has 0 aliphatic carbocycles. The lowest BCUT2D eigenvalue weighted by Crippen LogP contribution is -2.48. The van der Waals surface area contributed by atoms with Crippen LogP contribution in [0.1, 0.15) is 46.0 Å². The van der Waals surface area contributed by atoms with Crippen molar-refractivity contribution in [3.63, 3.8) is 0 Å². The number of hydrogen-bond acceptors (Lipinski definition) is 4. The summed E-state index contributed by atoms with van der Waals surface area (Å²) < 4.78 is 10.2. The Morgan fingerprint density at radius 2 is 2.11 bits per heavy atom. The number of amides is 1. The van der Waals surface area contributed by atoms with Crippen molar-refractivity contribution in [2.24, 2.45) is 0 Å². The Labute approximate surface area is 115 Å². The Balaban J connectivity index is 2.55. The van der Waals surface area contributed by atoms with Gasteiger partial charge >= 0.3 is 5.97 Å². The van der Waals surface area contributed by atoms with Gasteiger partial charge in [0.05, 0.1) is 12.7 Å². The van der Waals surface area contributed by atoms with E-state index in [0.717, 1.165) is 12.8 Å². The third-order valence-electron chi connectivity index (χ3n) is 3.55. The molecule has 1 saturated heterocycles. The van der Waals surface area contributed by atoms with E-state index in [0.29, 0.717) is 32.4 Å². The Hall–Kier alpha value is -1.10. The monoisotopic (exact) mass is 271 g/mol. The van der Waals surface area contributed by atoms with Crippen LogP contribution in [-0.4, -0.2) is 49.2 Å². The summed E-state index contributed by atoms with van der Waals surface area (Å²) in [7, 11) is 1.64. The van der Waals surface area contributed by atoms with Crippen LogP contribution in [0.3, 0.4) is 0 Å². The summed E-state index contributed by atoms with van der Waals surface area (Å²) in [6, 6.07) is -0.390. The second-order valence-electron chi connectivity index (χ2n) is 4.94. The molecular formula is C14H25NO4. The molecule has 5 nitrogen and oxygen atoms in total. The van der Waals surface area contributed by atoms with E-state index in [4.69, 9.17) is 9.47 Å². The van der Waals surface area contributed by atoms with Gasteiger partial charge in [0, 0.05) is 20.1 Å². The number of methoxy groups -OCH3 is 1. The summed E-state index contributed by atoms with van der Waals surface area (Å²) in [5, 5.41) is 0. The van der Waals surface area contributed by atoms with Gasteiger partial charge in [-0.25, -0.2) is 4.79 Å². The molecule has 0 bridgehead atoms. The third kappa shape index (κ3) is 4.82. The molecule has 2 atom stereocenters. The predicted molar refractivity (Wildman–Crippen MR) is 71.7 cm³/mol. The molecule has 0 saturated carbocycles. The molecule has 19 heavy (non-hydrogen) atoms. The van der Waals surface area contributed by atoms with E-state index in [9.17, 15) is 9.59 Å². The van der Waals surface area contributed by atoms with Gasteiger partial charge in [0.15, 0.2) is 0 Å². The van der Waals surface area contributed by atoms with Crippen LogP contribution < -0.4 is 0 Å². The van der Waals surface area contributed by atoms with Gasteiger partial charge in [0.2, 0.25) is 5.91 Å². The van der Waals surface area contributed by atoms with Crippen molar-refractivity contribution in [3.8, 4) is 0 Å². The van der Waals surface area contributed by atoms with Gasteiger partial charge in [-0.15, -0.1) is 0 Å². The number of carbonyl (C=O) groups is 2. The van der Waals surface area contributed by atoms with Crippen LogP contribution in [0, 0.1) is 0 Å². The predicted octanol–water partition coefficient (Wildman–Crippen LogP) is 1.75. The molecule has 2 unspecified atom stereocenters. The summed E-state index contributed by atoms with van der Waals surface area (Å²) >= 11 is 0. The maximum absolute atomic E-state index is 12.2. The van der Waals surface area contributed by atoms with Crippen LogP contribution in [0.5, 0.6) is 0 Å². The fourth-order valence-corrected chi connectivity index (χ4v) is 2.30. The van der Waals surface area contributed by atoms with Crippen molar-refractivity contribution >= 4 is 11.9 Å². The van der Waals surface area contributed by atoms with E-state index in [-0.39, 0.29) is 24.0 Å². The molecule has 1 fully saturated rings. The zero-order valence-corrected chi connectivity index (χ0v) is 12.2. The van der Waals surface area contributed by atoms with Crippen molar-refractivity contribution in [2.45, 2.75) is 58.1 Å². The van der Waals surface area contributed by atoms with Gasteiger partial charge in [-0.3, -0.25) is 4.79 Å². The number of hydrogen-bond donors (Lipinski definition) is 0. The molecule has 1 rings (SSSR count). The zero-order chi connectivity index (χ0) is 14.3. The number of ether oxygens (including phenoxy) is 2. The molecule has 1 amide bonds. The zero-order valence-electron chi connectivity index (χ0n) is 12.2. The van der Waals surface area contributed by atoms with Crippen molar-refractivity contribution in [3.05, 3.63) is 0 Å². The van der Waals surface area contributed by atoms with Crippen LogP contribution >= 0.6 is 0 Å². The van der Waals surface area contributed by atoms with Crippen molar-refractivity contribution < 1.29 is 19.1 Å². The second kappa shape index (κ2) is 8.15. The normalized spacial score (nSPS) is 21.0. The highest BCUT2D eigenvalue weighted by molar-refractivity contribution is 5.84. The molecule has 0 aromatic carbocycles. The van der Waals surface area contributed by atoms with Crippen molar-refractivity contribution in [2.75, 3.05) is 20.3 Å². The van der Waals surface area contributed by atoms with E-state index in [1.807, 2.05) is 6.92 Å². The topological polar surface area (TPSA) is 55.8 Å². The maximum Gasteiger partial charge on any atom is 0.328 e. The van der Waals surface area contributed by atoms with Crippen molar-refractivity contribution in [1.82, 2.24) is 4.90 Å². The Kier molecular flexibility index (Phi) is 6.84. The molecule has 5 heteroatoms. The molecule has 110 valence electrons. The average molecular weight is 271 g/mol. The van der Waals surface area contributed by atoms with E-state index < -0.39 is 0 Å². The molecule has 0 spiro atoms. The first-order valence-corrected chi connectivity index (χ1v) is 7.09. The Bertz CT molecular complexity index is 306.